The molecule has 0 bridgehead atoms. The number of rotatable bonds is 1. The van der Waals surface area contributed by atoms with Crippen LogP contribution in [0.3, 0.4) is 0 Å². The van der Waals surface area contributed by atoms with Crippen LogP contribution in [0, 0.1) is 0 Å². The van der Waals surface area contributed by atoms with Crippen molar-refractivity contribution in [1.82, 2.24) is 5.32 Å². The highest BCUT2D eigenvalue weighted by Gasteiger charge is 2.23. The molecule has 2 rings (SSSR count). The van der Waals surface area contributed by atoms with Crippen molar-refractivity contribution in [2.75, 3.05) is 13.1 Å². The zero-order valence-corrected chi connectivity index (χ0v) is 8.85. The Hall–Kier alpha value is -0.410. The molecular weight excluding hydrogens is 182 g/mol. The Bertz CT molecular complexity index is 254. The predicted octanol–water partition coefficient (Wildman–Crippen LogP) is 2.06. The number of hydrogen-bond donors (Lipinski definition) is 3. The number of piperidine rings is 1. The molecule has 2 N–H and O–H groups in total. The summed E-state index contributed by atoms with van der Waals surface area (Å²) in [6.45, 7) is 4.43. The number of aliphatic hydroxyl groups is 1. The van der Waals surface area contributed by atoms with Gasteiger partial charge in [-0.05, 0) is 54.5 Å². The summed E-state index contributed by atoms with van der Waals surface area (Å²) in [4.78, 5) is 1.39. The van der Waals surface area contributed by atoms with Crippen molar-refractivity contribution in [2.45, 2.75) is 25.0 Å². The first-order valence-electron chi connectivity index (χ1n) is 4.85. The van der Waals surface area contributed by atoms with Gasteiger partial charge in [-0.25, -0.2) is 10.9 Å². The van der Waals surface area contributed by atoms with Crippen LogP contribution in [0.5, 0.6) is 0 Å². The van der Waals surface area contributed by atoms with Crippen LogP contribution >= 0.6 is 10.9 Å². The molecule has 3 heteroatoms. The van der Waals surface area contributed by atoms with E-state index in [1.54, 1.807) is 0 Å². The van der Waals surface area contributed by atoms with Gasteiger partial charge >= 0.3 is 0 Å². The van der Waals surface area contributed by atoms with Gasteiger partial charge in [-0.15, -0.1) is 0 Å². The van der Waals surface area contributed by atoms with Gasteiger partial charge in [-0.2, -0.15) is 0 Å². The first kappa shape index (κ1) is 9.16. The van der Waals surface area contributed by atoms with Crippen molar-refractivity contribution in [1.29, 1.82) is 0 Å². The second-order valence-electron chi connectivity index (χ2n) is 3.73. The van der Waals surface area contributed by atoms with E-state index >= 15 is 0 Å². The van der Waals surface area contributed by atoms with E-state index in [4.69, 9.17) is 0 Å². The molecule has 1 fully saturated rings. The lowest BCUT2D eigenvalue weighted by molar-refractivity contribution is 0.435. The second-order valence-corrected chi connectivity index (χ2v) is 6.24. The highest BCUT2D eigenvalue weighted by Crippen LogP contribution is 2.49. The Morgan fingerprint density at radius 1 is 1.46 bits per heavy atom. The van der Waals surface area contributed by atoms with E-state index in [-0.39, 0.29) is 10.9 Å². The van der Waals surface area contributed by atoms with Gasteiger partial charge in [-0.3, -0.25) is 0 Å². The van der Waals surface area contributed by atoms with Gasteiger partial charge in [-0.1, -0.05) is 0 Å². The SMILES string of the molecule is CC1=CC(O)=C[SH]1C1CCNCC1. The number of hydrogen-bond acceptors (Lipinski definition) is 2. The molecule has 13 heavy (non-hydrogen) atoms. The molecule has 2 aliphatic heterocycles. The molecule has 2 aliphatic rings. The summed E-state index contributed by atoms with van der Waals surface area (Å²) in [5.74, 6) is 0.488. The van der Waals surface area contributed by atoms with Crippen LogP contribution < -0.4 is 5.32 Å². The van der Waals surface area contributed by atoms with E-state index in [9.17, 15) is 5.11 Å². The summed E-state index contributed by atoms with van der Waals surface area (Å²) in [5, 5.41) is 15.6. The largest absolute Gasteiger partial charge is 0.507 e. The van der Waals surface area contributed by atoms with E-state index in [1.807, 2.05) is 6.08 Å². The van der Waals surface area contributed by atoms with E-state index in [0.717, 1.165) is 18.3 Å². The van der Waals surface area contributed by atoms with Crippen molar-refractivity contribution < 1.29 is 5.11 Å². The monoisotopic (exact) mass is 199 g/mol. The molecule has 0 aliphatic carbocycles. The third-order valence-electron chi connectivity index (χ3n) is 2.74. The Morgan fingerprint density at radius 2 is 2.15 bits per heavy atom. The molecule has 1 atom stereocenters. The van der Waals surface area contributed by atoms with E-state index in [1.165, 1.54) is 17.7 Å². The fourth-order valence-electron chi connectivity index (χ4n) is 2.05. The maximum atomic E-state index is 9.39. The Balaban J connectivity index is 2.04. The molecule has 0 spiro atoms. The van der Waals surface area contributed by atoms with Gasteiger partial charge in [0, 0.05) is 0 Å². The standard InChI is InChI=1S/C10H17NOS/c1-8-6-9(12)7-13(8)10-2-4-11-5-3-10/h6-7,10-13H,2-5H2,1H3. The van der Waals surface area contributed by atoms with Gasteiger partial charge in [0.25, 0.3) is 0 Å². The normalized spacial score (nSPS) is 32.8. The van der Waals surface area contributed by atoms with Crippen LogP contribution in [0.1, 0.15) is 19.8 Å². The maximum absolute atomic E-state index is 9.39. The minimum absolute atomic E-state index is 0.155. The zero-order chi connectivity index (χ0) is 9.26. The van der Waals surface area contributed by atoms with Gasteiger partial charge in [0.1, 0.15) is 5.76 Å². The van der Waals surface area contributed by atoms with Gasteiger partial charge in [0.15, 0.2) is 0 Å². The van der Waals surface area contributed by atoms with Crippen LogP contribution in [-0.4, -0.2) is 23.4 Å². The lowest BCUT2D eigenvalue weighted by Gasteiger charge is -2.30. The van der Waals surface area contributed by atoms with Crippen molar-refractivity contribution in [3.63, 3.8) is 0 Å². The Kier molecular flexibility index (Phi) is 2.65. The van der Waals surface area contributed by atoms with Crippen LogP contribution in [0.2, 0.25) is 0 Å². The lowest BCUT2D eigenvalue weighted by atomic mass is 10.2. The van der Waals surface area contributed by atoms with Crippen molar-refractivity contribution in [3.8, 4) is 0 Å². The van der Waals surface area contributed by atoms with Crippen LogP contribution in [-0.2, 0) is 0 Å². The smallest absolute Gasteiger partial charge is 0.121 e. The Morgan fingerprint density at radius 3 is 2.69 bits per heavy atom. The van der Waals surface area contributed by atoms with Crippen LogP contribution in [0.4, 0.5) is 0 Å². The molecular formula is C10H17NOS. The summed E-state index contributed by atoms with van der Waals surface area (Å²) in [6.07, 6.45) is 4.45. The molecule has 2 nitrogen and oxygen atoms in total. The summed E-state index contributed by atoms with van der Waals surface area (Å²) < 4.78 is 0. The fourth-order valence-corrected chi connectivity index (χ4v) is 4.49. The number of thiol groups is 1. The van der Waals surface area contributed by atoms with Crippen LogP contribution in [0.15, 0.2) is 22.1 Å². The van der Waals surface area contributed by atoms with E-state index in [0.29, 0.717) is 5.76 Å². The summed E-state index contributed by atoms with van der Waals surface area (Å²) in [7, 11) is -0.155. The third kappa shape index (κ3) is 1.92. The van der Waals surface area contributed by atoms with Crippen molar-refractivity contribution in [2.24, 2.45) is 0 Å². The van der Waals surface area contributed by atoms with Crippen molar-refractivity contribution >= 4 is 10.9 Å². The highest BCUT2D eigenvalue weighted by atomic mass is 32.2. The predicted molar refractivity (Wildman–Crippen MR) is 59.3 cm³/mol. The van der Waals surface area contributed by atoms with Crippen molar-refractivity contribution in [3.05, 3.63) is 22.1 Å². The molecule has 2 heterocycles. The first-order chi connectivity index (χ1) is 6.27. The molecule has 0 saturated carbocycles. The quantitative estimate of drug-likeness (QED) is 0.565. The molecule has 0 radical (unpaired) electrons. The van der Waals surface area contributed by atoms with E-state index < -0.39 is 0 Å². The average Bonchev–Trinajstić information content (AvgIpc) is 2.47. The third-order valence-corrected chi connectivity index (χ3v) is 5.53. The number of allylic oxidation sites excluding steroid dienone is 2. The molecule has 0 aromatic heterocycles. The van der Waals surface area contributed by atoms with Gasteiger partial charge < -0.3 is 10.4 Å². The highest BCUT2D eigenvalue weighted by molar-refractivity contribution is 8.23. The average molecular weight is 199 g/mol. The topological polar surface area (TPSA) is 32.3 Å². The van der Waals surface area contributed by atoms with Crippen LogP contribution in [0.25, 0.3) is 0 Å². The summed E-state index contributed by atoms with van der Waals surface area (Å²) >= 11 is 0. The number of nitrogens with one attached hydrogen (secondary N) is 1. The first-order valence-corrected chi connectivity index (χ1v) is 6.33. The van der Waals surface area contributed by atoms with Gasteiger partial charge in [0.2, 0.25) is 0 Å². The molecule has 0 aromatic rings. The Labute approximate surface area is 82.1 Å². The summed E-state index contributed by atoms with van der Waals surface area (Å²) in [6, 6.07) is 0. The minimum Gasteiger partial charge on any atom is -0.507 e. The van der Waals surface area contributed by atoms with Gasteiger partial charge in [0.05, 0.1) is 0 Å². The number of aliphatic hydroxyl groups excluding tert-OH is 1. The summed E-state index contributed by atoms with van der Waals surface area (Å²) in [5.41, 5.74) is 0. The maximum Gasteiger partial charge on any atom is 0.121 e. The second kappa shape index (κ2) is 3.76. The molecule has 1 saturated heterocycles. The minimum atomic E-state index is -0.155. The molecule has 0 aromatic carbocycles. The van der Waals surface area contributed by atoms with E-state index in [2.05, 4.69) is 17.6 Å². The molecule has 0 amide bonds. The molecule has 1 unspecified atom stereocenters. The fraction of sp³-hybridized carbons (Fsp3) is 0.600. The lowest BCUT2D eigenvalue weighted by Crippen LogP contribution is -2.30. The zero-order valence-electron chi connectivity index (χ0n) is 7.95. The molecule has 74 valence electrons.